The molecule has 0 spiro atoms. The van der Waals surface area contributed by atoms with Crippen molar-refractivity contribution in [3.63, 3.8) is 0 Å². The third kappa shape index (κ3) is 5.00. The van der Waals surface area contributed by atoms with Crippen molar-refractivity contribution in [3.8, 4) is 0 Å². The molecule has 2 aliphatic rings. The summed E-state index contributed by atoms with van der Waals surface area (Å²) in [5, 5.41) is 3.41. The second-order valence-electron chi connectivity index (χ2n) is 7.78. The Morgan fingerprint density at radius 2 is 2.00 bits per heavy atom. The highest BCUT2D eigenvalue weighted by Crippen LogP contribution is 2.29. The minimum atomic E-state index is 0.463. The van der Waals surface area contributed by atoms with Crippen molar-refractivity contribution in [1.29, 1.82) is 0 Å². The third-order valence-corrected chi connectivity index (χ3v) is 8.03. The van der Waals surface area contributed by atoms with Crippen molar-refractivity contribution in [2.75, 3.05) is 37.6 Å². The Balaban J connectivity index is 1.38. The van der Waals surface area contributed by atoms with Gasteiger partial charge in [0.2, 0.25) is 0 Å². The maximum Gasteiger partial charge on any atom is 0.116 e. The van der Waals surface area contributed by atoms with Crippen LogP contribution >= 0.6 is 47.4 Å². The molecule has 1 saturated heterocycles. The summed E-state index contributed by atoms with van der Waals surface area (Å²) in [4.78, 5) is 7.68. The van der Waals surface area contributed by atoms with Gasteiger partial charge in [0.15, 0.2) is 0 Å². The van der Waals surface area contributed by atoms with Gasteiger partial charge in [-0.3, -0.25) is 0 Å². The maximum atomic E-state index is 6.02. The molecule has 1 N–H and O–H groups in total. The van der Waals surface area contributed by atoms with E-state index in [2.05, 4.69) is 40.2 Å². The third-order valence-electron chi connectivity index (χ3n) is 5.90. The second kappa shape index (κ2) is 9.40. The van der Waals surface area contributed by atoms with Crippen LogP contribution in [0, 0.1) is 5.92 Å². The Morgan fingerprint density at radius 3 is 2.72 bits per heavy atom. The van der Waals surface area contributed by atoms with Crippen molar-refractivity contribution in [3.05, 3.63) is 50.7 Å². The lowest BCUT2D eigenvalue weighted by Crippen LogP contribution is -2.30. The fourth-order valence-corrected chi connectivity index (χ4v) is 5.82. The average Bonchev–Trinajstić information content (AvgIpc) is 3.25. The van der Waals surface area contributed by atoms with Gasteiger partial charge in [0.05, 0.1) is 14.2 Å². The summed E-state index contributed by atoms with van der Waals surface area (Å²) in [6.45, 7) is 7.46. The molecular formula is C22H26ClN3S3. The smallest absolute Gasteiger partial charge is 0.116 e. The number of hydrogen-bond acceptors (Lipinski definition) is 4. The van der Waals surface area contributed by atoms with Crippen molar-refractivity contribution < 1.29 is 0 Å². The summed E-state index contributed by atoms with van der Waals surface area (Å²) in [7, 11) is 0. The monoisotopic (exact) mass is 463 g/mol. The van der Waals surface area contributed by atoms with Gasteiger partial charge in [0.1, 0.15) is 4.99 Å². The number of nitrogens with one attached hydrogen (secondary N) is 1. The number of nitrogens with zero attached hydrogens (tertiary/aromatic N) is 2. The van der Waals surface area contributed by atoms with Gasteiger partial charge in [-0.15, -0.1) is 11.3 Å². The van der Waals surface area contributed by atoms with Crippen molar-refractivity contribution >= 4 is 63.0 Å². The number of hydrogen-bond donors (Lipinski definition) is 1. The first-order valence-electron chi connectivity index (χ1n) is 10.2. The molecule has 4 rings (SSSR count). The van der Waals surface area contributed by atoms with E-state index in [0.717, 1.165) is 71.2 Å². The Labute approximate surface area is 193 Å². The Hall–Kier alpha value is -1.05. The molecule has 3 nitrogen and oxygen atoms in total. The zero-order chi connectivity index (χ0) is 20.4. The van der Waals surface area contributed by atoms with E-state index in [0.29, 0.717) is 5.92 Å². The van der Waals surface area contributed by atoms with E-state index in [1.165, 1.54) is 28.2 Å². The zero-order valence-corrected chi connectivity index (χ0v) is 19.8. The molecule has 0 radical (unpaired) electrons. The first kappa shape index (κ1) is 21.2. The van der Waals surface area contributed by atoms with Crippen LogP contribution in [0.1, 0.15) is 29.3 Å². The molecule has 7 heteroatoms. The highest BCUT2D eigenvalue weighted by Gasteiger charge is 2.28. The van der Waals surface area contributed by atoms with Gasteiger partial charge in [-0.1, -0.05) is 49.0 Å². The molecule has 1 fully saturated rings. The summed E-state index contributed by atoms with van der Waals surface area (Å²) in [5.41, 5.74) is 4.22. The quantitative estimate of drug-likeness (QED) is 0.631. The zero-order valence-electron chi connectivity index (χ0n) is 16.6. The molecule has 0 bridgehead atoms. The Kier molecular flexibility index (Phi) is 6.87. The molecule has 3 heterocycles. The largest absolute Gasteiger partial charge is 0.375 e. The number of rotatable bonds is 5. The number of likely N-dealkylation sites (N-methyl/N-ethyl adjacent to an activating group) is 1. The first-order chi connectivity index (χ1) is 14.0. The van der Waals surface area contributed by atoms with E-state index in [4.69, 9.17) is 36.0 Å². The molecule has 1 aromatic heterocycles. The summed E-state index contributed by atoms with van der Waals surface area (Å²) in [5.74, 6) is 0.463. The normalized spacial score (nSPS) is 19.9. The number of benzene rings is 1. The molecule has 2 aromatic rings. The van der Waals surface area contributed by atoms with Crippen LogP contribution in [0.4, 0.5) is 5.69 Å². The average molecular weight is 464 g/mol. The molecule has 0 saturated carbocycles. The van der Waals surface area contributed by atoms with E-state index in [9.17, 15) is 0 Å². The molecule has 29 heavy (non-hydrogen) atoms. The summed E-state index contributed by atoms with van der Waals surface area (Å²) in [6, 6.07) is 10.8. The minimum absolute atomic E-state index is 0.463. The lowest BCUT2D eigenvalue weighted by molar-refractivity contribution is 0.303. The number of thiocarbonyl (C=S) groups is 2. The summed E-state index contributed by atoms with van der Waals surface area (Å²) < 4.78 is 0.766. The first-order valence-corrected chi connectivity index (χ1v) is 12.2. The van der Waals surface area contributed by atoms with Gasteiger partial charge >= 0.3 is 0 Å². The van der Waals surface area contributed by atoms with Gasteiger partial charge in [-0.25, -0.2) is 0 Å². The molecular weight excluding hydrogens is 438 g/mol. The number of halogens is 1. The molecule has 1 aromatic carbocycles. The van der Waals surface area contributed by atoms with Crippen LogP contribution in [0.3, 0.4) is 0 Å². The van der Waals surface area contributed by atoms with E-state index >= 15 is 0 Å². The predicted molar refractivity (Wildman–Crippen MR) is 133 cm³/mol. The van der Waals surface area contributed by atoms with Crippen LogP contribution < -0.4 is 10.2 Å². The molecule has 0 amide bonds. The summed E-state index contributed by atoms with van der Waals surface area (Å²) in [6.07, 6.45) is 3.20. The highest BCUT2D eigenvalue weighted by molar-refractivity contribution is 7.81. The fraction of sp³-hybridized carbons (Fsp3) is 0.455. The van der Waals surface area contributed by atoms with E-state index < -0.39 is 0 Å². The predicted octanol–water partition coefficient (Wildman–Crippen LogP) is 4.94. The number of thiophene rings is 1. The standard InChI is InChI=1S/C22H26ClN3S3/c1-2-25-9-7-16-3-4-18(12-17(16)8-10-25)26-14-15(11-21(26)27)13-24-22(28)19-5-6-20(23)29-19/h3-6,12,15H,2,7-11,13-14H2,1H3,(H,24,28)/t15-/m1/s1. The van der Waals surface area contributed by atoms with E-state index in [-0.39, 0.29) is 0 Å². The lowest BCUT2D eigenvalue weighted by Gasteiger charge is -2.21. The second-order valence-corrected chi connectivity index (χ2v) is 10.4. The maximum absolute atomic E-state index is 6.02. The molecule has 154 valence electrons. The number of fused-ring (bicyclic) bond motifs is 1. The van der Waals surface area contributed by atoms with Gasteiger partial charge in [-0.2, -0.15) is 0 Å². The topological polar surface area (TPSA) is 18.5 Å². The van der Waals surface area contributed by atoms with Crippen molar-refractivity contribution in [1.82, 2.24) is 10.2 Å². The minimum Gasteiger partial charge on any atom is -0.375 e. The SMILES string of the molecule is CCN1CCc2ccc(N3C[C@@H](CNC(=S)c4ccc(Cl)s4)CC3=S)cc2CC1. The van der Waals surface area contributed by atoms with Crippen LogP contribution in [0.2, 0.25) is 4.34 Å². The molecule has 1 atom stereocenters. The number of anilines is 1. The molecule has 2 aliphatic heterocycles. The van der Waals surface area contributed by atoms with Crippen molar-refractivity contribution in [2.24, 2.45) is 5.92 Å². The van der Waals surface area contributed by atoms with Gasteiger partial charge < -0.3 is 15.1 Å². The Morgan fingerprint density at radius 1 is 1.21 bits per heavy atom. The lowest BCUT2D eigenvalue weighted by atomic mass is 10.0. The van der Waals surface area contributed by atoms with Crippen molar-refractivity contribution in [2.45, 2.75) is 26.2 Å². The fourth-order valence-electron chi connectivity index (χ4n) is 4.17. The van der Waals surface area contributed by atoms with Crippen LogP contribution in [-0.2, 0) is 12.8 Å². The van der Waals surface area contributed by atoms with Gasteiger partial charge in [0.25, 0.3) is 0 Å². The van der Waals surface area contributed by atoms with Crippen LogP contribution in [0.25, 0.3) is 0 Å². The molecule has 0 unspecified atom stereocenters. The van der Waals surface area contributed by atoms with Crippen LogP contribution in [0.5, 0.6) is 0 Å². The van der Waals surface area contributed by atoms with E-state index in [1.807, 2.05) is 12.1 Å². The Bertz CT molecular complexity index is 910. The summed E-state index contributed by atoms with van der Waals surface area (Å²) >= 11 is 18.8. The van der Waals surface area contributed by atoms with Gasteiger partial charge in [-0.05, 0) is 54.8 Å². The highest BCUT2D eigenvalue weighted by atomic mass is 35.5. The van der Waals surface area contributed by atoms with E-state index in [1.54, 1.807) is 0 Å². The van der Waals surface area contributed by atoms with Gasteiger partial charge in [0, 0.05) is 44.2 Å². The molecule has 0 aliphatic carbocycles. The van der Waals surface area contributed by atoms with Crippen LogP contribution in [0.15, 0.2) is 30.3 Å². The van der Waals surface area contributed by atoms with Crippen LogP contribution in [-0.4, -0.2) is 47.6 Å².